The predicted molar refractivity (Wildman–Crippen MR) is 98.5 cm³/mol. The highest BCUT2D eigenvalue weighted by atomic mass is 16.6. The molecule has 0 bridgehead atoms. The van der Waals surface area contributed by atoms with Gasteiger partial charge in [0.25, 0.3) is 0 Å². The van der Waals surface area contributed by atoms with E-state index in [1.54, 1.807) is 12.1 Å². The van der Waals surface area contributed by atoms with Crippen LogP contribution < -0.4 is 9.47 Å². The van der Waals surface area contributed by atoms with Crippen molar-refractivity contribution in [3.63, 3.8) is 0 Å². The number of phenols is 2. The van der Waals surface area contributed by atoms with Crippen LogP contribution in [-0.4, -0.2) is 36.4 Å². The molecular formula is C20H18O7. The normalized spacial score (nSPS) is 10.9. The third-order valence-electron chi connectivity index (χ3n) is 3.43. The van der Waals surface area contributed by atoms with Crippen LogP contribution in [0.5, 0.6) is 23.0 Å². The summed E-state index contributed by atoms with van der Waals surface area (Å²) in [7, 11) is 2.82. The highest BCUT2D eigenvalue weighted by Crippen LogP contribution is 2.27. The summed E-state index contributed by atoms with van der Waals surface area (Å²) >= 11 is 0. The van der Waals surface area contributed by atoms with Crippen LogP contribution in [0.25, 0.3) is 12.2 Å². The average molecular weight is 370 g/mol. The number of benzene rings is 2. The number of carbonyl (C=O) groups is 2. The molecule has 0 atom stereocenters. The van der Waals surface area contributed by atoms with Crippen molar-refractivity contribution >= 4 is 24.1 Å². The molecule has 0 radical (unpaired) electrons. The van der Waals surface area contributed by atoms with E-state index >= 15 is 0 Å². The lowest BCUT2D eigenvalue weighted by Crippen LogP contribution is -2.06. The van der Waals surface area contributed by atoms with Crippen LogP contribution in [0.4, 0.5) is 0 Å². The number of aromatic hydroxyl groups is 2. The van der Waals surface area contributed by atoms with Gasteiger partial charge >= 0.3 is 11.9 Å². The second-order valence-electron chi connectivity index (χ2n) is 5.27. The van der Waals surface area contributed by atoms with E-state index < -0.39 is 11.9 Å². The van der Waals surface area contributed by atoms with Crippen LogP contribution in [0, 0.1) is 0 Å². The lowest BCUT2D eigenvalue weighted by atomic mass is 10.2. The molecule has 0 aromatic heterocycles. The smallest absolute Gasteiger partial charge is 0.338 e. The summed E-state index contributed by atoms with van der Waals surface area (Å²) in [6.45, 7) is 0. The van der Waals surface area contributed by atoms with Crippen molar-refractivity contribution in [3.05, 3.63) is 59.7 Å². The molecule has 0 aliphatic heterocycles. The first-order chi connectivity index (χ1) is 12.9. The average Bonchev–Trinajstić information content (AvgIpc) is 2.66. The number of hydrogen-bond donors (Lipinski definition) is 2. The third-order valence-corrected chi connectivity index (χ3v) is 3.43. The Kier molecular flexibility index (Phi) is 6.60. The number of carbonyl (C=O) groups excluding carboxylic acids is 2. The van der Waals surface area contributed by atoms with Gasteiger partial charge in [0.2, 0.25) is 0 Å². The first-order valence-electron chi connectivity index (χ1n) is 7.79. The number of hydrogen-bond acceptors (Lipinski definition) is 7. The molecule has 0 fully saturated rings. The Bertz CT molecular complexity index is 824. The first kappa shape index (κ1) is 19.6. The zero-order chi connectivity index (χ0) is 19.8. The van der Waals surface area contributed by atoms with E-state index in [2.05, 4.69) is 4.74 Å². The molecule has 2 N–H and O–H groups in total. The molecule has 0 saturated heterocycles. The maximum atomic E-state index is 11.7. The van der Waals surface area contributed by atoms with Gasteiger partial charge in [0.05, 0.1) is 14.2 Å². The van der Waals surface area contributed by atoms with E-state index in [9.17, 15) is 19.8 Å². The minimum atomic E-state index is -0.847. The molecule has 7 heteroatoms. The summed E-state index contributed by atoms with van der Waals surface area (Å²) in [5.74, 6) is -1.23. The monoisotopic (exact) mass is 370 g/mol. The Hall–Kier alpha value is -3.74. The van der Waals surface area contributed by atoms with Crippen molar-refractivity contribution < 1.29 is 34.0 Å². The molecule has 2 rings (SSSR count). The second kappa shape index (κ2) is 9.10. The quantitative estimate of drug-likeness (QED) is 0.458. The Balaban J connectivity index is 1.96. The number of phenolic OH excluding ortho intramolecular Hbond substituents is 2. The molecular weight excluding hydrogens is 352 g/mol. The zero-order valence-electron chi connectivity index (χ0n) is 14.7. The minimum Gasteiger partial charge on any atom is -0.504 e. The predicted octanol–water partition coefficient (Wildman–Crippen LogP) is 2.91. The largest absolute Gasteiger partial charge is 0.504 e. The van der Waals surface area contributed by atoms with Gasteiger partial charge in [-0.1, -0.05) is 12.1 Å². The van der Waals surface area contributed by atoms with E-state index in [0.29, 0.717) is 11.1 Å². The van der Waals surface area contributed by atoms with E-state index in [4.69, 9.17) is 9.47 Å². The Morgan fingerprint density at radius 1 is 0.778 bits per heavy atom. The van der Waals surface area contributed by atoms with Crippen LogP contribution in [0.3, 0.4) is 0 Å². The minimum absolute atomic E-state index is 0.0246. The number of methoxy groups -OCH3 is 2. The lowest BCUT2D eigenvalue weighted by molar-refractivity contribution is -0.152. The topological polar surface area (TPSA) is 102 Å². The third kappa shape index (κ3) is 5.64. The summed E-state index contributed by atoms with van der Waals surface area (Å²) in [6, 6.07) is 9.04. The molecule has 27 heavy (non-hydrogen) atoms. The highest BCUT2D eigenvalue weighted by molar-refractivity contribution is 5.99. The van der Waals surface area contributed by atoms with E-state index in [1.165, 1.54) is 50.6 Å². The number of ether oxygens (including phenoxy) is 3. The fourth-order valence-electron chi connectivity index (χ4n) is 2.09. The van der Waals surface area contributed by atoms with Gasteiger partial charge in [0.15, 0.2) is 23.0 Å². The maximum Gasteiger partial charge on any atom is 0.338 e. The van der Waals surface area contributed by atoms with Crippen LogP contribution in [0.1, 0.15) is 11.1 Å². The van der Waals surface area contributed by atoms with Crippen molar-refractivity contribution in [3.8, 4) is 23.0 Å². The summed E-state index contributed by atoms with van der Waals surface area (Å²) in [4.78, 5) is 23.4. The van der Waals surface area contributed by atoms with Gasteiger partial charge in [-0.3, -0.25) is 0 Å². The summed E-state index contributed by atoms with van der Waals surface area (Å²) < 4.78 is 14.6. The molecule has 0 aliphatic rings. The molecule has 0 spiro atoms. The molecule has 0 aliphatic carbocycles. The molecule has 140 valence electrons. The van der Waals surface area contributed by atoms with Gasteiger partial charge < -0.3 is 24.4 Å². The van der Waals surface area contributed by atoms with Gasteiger partial charge in [-0.05, 0) is 47.5 Å². The van der Waals surface area contributed by atoms with E-state index in [0.717, 1.165) is 12.2 Å². The Morgan fingerprint density at radius 3 is 1.56 bits per heavy atom. The molecule has 0 amide bonds. The molecule has 7 nitrogen and oxygen atoms in total. The zero-order valence-corrected chi connectivity index (χ0v) is 14.7. The number of esters is 2. The van der Waals surface area contributed by atoms with Gasteiger partial charge in [-0.25, -0.2) is 9.59 Å². The van der Waals surface area contributed by atoms with Gasteiger partial charge in [-0.2, -0.15) is 0 Å². The van der Waals surface area contributed by atoms with E-state index in [-0.39, 0.29) is 23.0 Å². The van der Waals surface area contributed by atoms with Gasteiger partial charge in [0, 0.05) is 12.2 Å². The summed E-state index contributed by atoms with van der Waals surface area (Å²) in [5, 5.41) is 19.0. The van der Waals surface area contributed by atoms with Crippen LogP contribution in [0.2, 0.25) is 0 Å². The van der Waals surface area contributed by atoms with Crippen molar-refractivity contribution in [1.82, 2.24) is 0 Å². The van der Waals surface area contributed by atoms with Gasteiger partial charge in [-0.15, -0.1) is 0 Å². The standard InChI is InChI=1S/C20H18O7/c1-25-17-11-13(3-7-15(17)21)5-9-19(23)27-20(24)10-6-14-4-8-16(22)18(12-14)26-2/h3-12,21-22H,1-2H3. The Labute approximate surface area is 155 Å². The van der Waals surface area contributed by atoms with Crippen molar-refractivity contribution in [2.45, 2.75) is 0 Å². The molecule has 0 saturated carbocycles. The van der Waals surface area contributed by atoms with Gasteiger partial charge in [0.1, 0.15) is 0 Å². The first-order valence-corrected chi connectivity index (χ1v) is 7.79. The maximum absolute atomic E-state index is 11.7. The Morgan fingerprint density at radius 2 is 1.19 bits per heavy atom. The fourth-order valence-corrected chi connectivity index (χ4v) is 2.09. The molecule has 0 unspecified atom stereocenters. The molecule has 2 aromatic carbocycles. The van der Waals surface area contributed by atoms with Crippen LogP contribution in [0.15, 0.2) is 48.6 Å². The van der Waals surface area contributed by atoms with Crippen molar-refractivity contribution in [1.29, 1.82) is 0 Å². The molecule has 2 aromatic rings. The summed E-state index contributed by atoms with van der Waals surface area (Å²) in [5.41, 5.74) is 1.17. The number of rotatable bonds is 6. The highest BCUT2D eigenvalue weighted by Gasteiger charge is 2.06. The lowest BCUT2D eigenvalue weighted by Gasteiger charge is -2.03. The SMILES string of the molecule is COc1cc(C=CC(=O)OC(=O)C=Cc2ccc(O)c(OC)c2)ccc1O. The van der Waals surface area contributed by atoms with Crippen molar-refractivity contribution in [2.24, 2.45) is 0 Å². The summed E-state index contributed by atoms with van der Waals surface area (Å²) in [6.07, 6.45) is 5.01. The van der Waals surface area contributed by atoms with Crippen molar-refractivity contribution in [2.75, 3.05) is 14.2 Å². The van der Waals surface area contributed by atoms with E-state index in [1.807, 2.05) is 0 Å². The second-order valence-corrected chi connectivity index (χ2v) is 5.27. The fraction of sp³-hybridized carbons (Fsp3) is 0.100. The van der Waals surface area contributed by atoms with Crippen LogP contribution >= 0.6 is 0 Å². The van der Waals surface area contributed by atoms with Crippen LogP contribution in [-0.2, 0) is 14.3 Å². The molecule has 0 heterocycles.